The highest BCUT2D eigenvalue weighted by atomic mass is 32.1. The molecule has 1 heterocycles. The highest BCUT2D eigenvalue weighted by Gasteiger charge is 2.23. The Labute approximate surface area is 113 Å². The number of nitrogens with one attached hydrogen (secondary N) is 1. The molecule has 2 atom stereocenters. The zero-order valence-electron chi connectivity index (χ0n) is 10.9. The summed E-state index contributed by atoms with van der Waals surface area (Å²) in [4.78, 5) is 13.4. The van der Waals surface area contributed by atoms with Gasteiger partial charge in [0.15, 0.2) is 0 Å². The first-order valence-electron chi connectivity index (χ1n) is 6.82. The summed E-state index contributed by atoms with van der Waals surface area (Å²) in [6, 6.07) is 2.36. The molecular weight excluding hydrogens is 244 g/mol. The first-order chi connectivity index (χ1) is 8.70. The molecule has 0 aliphatic heterocycles. The van der Waals surface area contributed by atoms with Gasteiger partial charge in [0.05, 0.1) is 6.04 Å². The number of amides is 1. The van der Waals surface area contributed by atoms with E-state index in [4.69, 9.17) is 5.73 Å². The maximum absolute atomic E-state index is 11.9. The third-order valence-electron chi connectivity index (χ3n) is 3.49. The van der Waals surface area contributed by atoms with Gasteiger partial charge in [-0.05, 0) is 42.7 Å². The predicted octanol–water partition coefficient (Wildman–Crippen LogP) is 2.76. The molecule has 0 saturated heterocycles. The number of nitrogens with two attached hydrogens (primary N) is 1. The van der Waals surface area contributed by atoms with Crippen LogP contribution >= 0.6 is 11.3 Å². The van der Waals surface area contributed by atoms with E-state index >= 15 is 0 Å². The van der Waals surface area contributed by atoms with Crippen molar-refractivity contribution >= 4 is 17.2 Å². The average molecular weight is 266 g/mol. The minimum atomic E-state index is 0.000496. The van der Waals surface area contributed by atoms with E-state index in [1.807, 2.05) is 0 Å². The SMILES string of the molecule is CCCC(N)CC(=O)NC1CCCc2sccc21. The lowest BCUT2D eigenvalue weighted by atomic mass is 9.94. The molecule has 0 spiro atoms. The number of rotatable bonds is 5. The Kier molecular flexibility index (Phi) is 4.78. The minimum absolute atomic E-state index is 0.000496. The van der Waals surface area contributed by atoms with Gasteiger partial charge in [0, 0.05) is 17.3 Å². The van der Waals surface area contributed by atoms with Crippen molar-refractivity contribution in [1.82, 2.24) is 5.32 Å². The second-order valence-electron chi connectivity index (χ2n) is 5.06. The van der Waals surface area contributed by atoms with E-state index in [9.17, 15) is 4.79 Å². The van der Waals surface area contributed by atoms with Crippen molar-refractivity contribution < 1.29 is 4.79 Å². The molecule has 0 bridgehead atoms. The van der Waals surface area contributed by atoms with E-state index in [0.29, 0.717) is 6.42 Å². The van der Waals surface area contributed by atoms with Crippen LogP contribution in [0.3, 0.4) is 0 Å². The Morgan fingerprint density at radius 2 is 2.50 bits per heavy atom. The van der Waals surface area contributed by atoms with Gasteiger partial charge in [-0.15, -0.1) is 11.3 Å². The van der Waals surface area contributed by atoms with Crippen LogP contribution in [0.4, 0.5) is 0 Å². The van der Waals surface area contributed by atoms with Crippen LogP contribution in [0, 0.1) is 0 Å². The van der Waals surface area contributed by atoms with Gasteiger partial charge < -0.3 is 11.1 Å². The molecule has 1 aliphatic rings. The molecule has 1 aliphatic carbocycles. The van der Waals surface area contributed by atoms with E-state index in [0.717, 1.165) is 25.7 Å². The molecule has 100 valence electrons. The Hall–Kier alpha value is -0.870. The molecule has 0 radical (unpaired) electrons. The van der Waals surface area contributed by atoms with E-state index in [1.165, 1.54) is 16.9 Å². The molecule has 1 amide bonds. The highest BCUT2D eigenvalue weighted by Crippen LogP contribution is 2.33. The third kappa shape index (κ3) is 3.33. The zero-order valence-corrected chi connectivity index (χ0v) is 11.8. The number of aryl methyl sites for hydroxylation is 1. The van der Waals surface area contributed by atoms with E-state index in [-0.39, 0.29) is 18.0 Å². The number of carbonyl (C=O) groups is 1. The van der Waals surface area contributed by atoms with Crippen molar-refractivity contribution in [1.29, 1.82) is 0 Å². The van der Waals surface area contributed by atoms with Gasteiger partial charge in [-0.1, -0.05) is 13.3 Å². The number of thiophene rings is 1. The number of hydrogen-bond acceptors (Lipinski definition) is 3. The molecule has 4 heteroatoms. The lowest BCUT2D eigenvalue weighted by Gasteiger charge is -2.24. The summed E-state index contributed by atoms with van der Waals surface area (Å²) in [5.74, 6) is 0.0972. The predicted molar refractivity (Wildman–Crippen MR) is 75.6 cm³/mol. The Morgan fingerprint density at radius 3 is 3.28 bits per heavy atom. The van der Waals surface area contributed by atoms with Crippen molar-refractivity contribution in [3.05, 3.63) is 21.9 Å². The van der Waals surface area contributed by atoms with Crippen molar-refractivity contribution in [3.63, 3.8) is 0 Å². The normalized spacial score (nSPS) is 20.2. The molecule has 0 aromatic carbocycles. The molecular formula is C14H22N2OS. The maximum atomic E-state index is 11.9. The Bertz CT molecular complexity index is 402. The number of hydrogen-bond donors (Lipinski definition) is 2. The average Bonchev–Trinajstić information content (AvgIpc) is 2.78. The van der Waals surface area contributed by atoms with E-state index < -0.39 is 0 Å². The van der Waals surface area contributed by atoms with Crippen LogP contribution < -0.4 is 11.1 Å². The standard InChI is InChI=1S/C14H22N2OS/c1-2-4-10(15)9-14(17)16-12-5-3-6-13-11(12)7-8-18-13/h7-8,10,12H,2-6,9,15H2,1H3,(H,16,17). The summed E-state index contributed by atoms with van der Waals surface area (Å²) in [5.41, 5.74) is 7.23. The molecule has 18 heavy (non-hydrogen) atoms. The van der Waals surface area contributed by atoms with Crippen LogP contribution in [0.1, 0.15) is 55.5 Å². The van der Waals surface area contributed by atoms with Crippen molar-refractivity contribution in [2.24, 2.45) is 5.73 Å². The topological polar surface area (TPSA) is 55.1 Å². The van der Waals surface area contributed by atoms with Gasteiger partial charge >= 0.3 is 0 Å². The zero-order chi connectivity index (χ0) is 13.0. The highest BCUT2D eigenvalue weighted by molar-refractivity contribution is 7.10. The summed E-state index contributed by atoms with van der Waals surface area (Å²) in [6.45, 7) is 2.09. The fourth-order valence-corrected chi connectivity index (χ4v) is 3.59. The van der Waals surface area contributed by atoms with Crippen molar-refractivity contribution in [2.75, 3.05) is 0 Å². The third-order valence-corrected chi connectivity index (χ3v) is 4.49. The lowest BCUT2D eigenvalue weighted by Crippen LogP contribution is -2.35. The van der Waals surface area contributed by atoms with Gasteiger partial charge in [-0.25, -0.2) is 0 Å². The van der Waals surface area contributed by atoms with Crippen LogP contribution in [-0.4, -0.2) is 11.9 Å². The fourth-order valence-electron chi connectivity index (χ4n) is 2.60. The van der Waals surface area contributed by atoms with Gasteiger partial charge in [-0.3, -0.25) is 4.79 Å². The van der Waals surface area contributed by atoms with Crippen LogP contribution in [0.2, 0.25) is 0 Å². The summed E-state index contributed by atoms with van der Waals surface area (Å²) in [7, 11) is 0. The molecule has 3 N–H and O–H groups in total. The number of fused-ring (bicyclic) bond motifs is 1. The molecule has 1 aromatic rings. The van der Waals surface area contributed by atoms with Gasteiger partial charge in [0.25, 0.3) is 0 Å². The maximum Gasteiger partial charge on any atom is 0.222 e. The summed E-state index contributed by atoms with van der Waals surface area (Å²) < 4.78 is 0. The Morgan fingerprint density at radius 1 is 1.67 bits per heavy atom. The summed E-state index contributed by atoms with van der Waals surface area (Å²) in [5, 5.41) is 5.26. The molecule has 0 saturated carbocycles. The summed E-state index contributed by atoms with van der Waals surface area (Å²) in [6.07, 6.45) is 5.78. The van der Waals surface area contributed by atoms with Crippen molar-refractivity contribution in [2.45, 2.75) is 57.5 Å². The molecule has 3 nitrogen and oxygen atoms in total. The largest absolute Gasteiger partial charge is 0.349 e. The van der Waals surface area contributed by atoms with Gasteiger partial charge in [0.2, 0.25) is 5.91 Å². The van der Waals surface area contributed by atoms with Crippen LogP contribution in [0.15, 0.2) is 11.4 Å². The Balaban J connectivity index is 1.89. The summed E-state index contributed by atoms with van der Waals surface area (Å²) >= 11 is 1.80. The minimum Gasteiger partial charge on any atom is -0.349 e. The quantitative estimate of drug-likeness (QED) is 0.861. The smallest absolute Gasteiger partial charge is 0.222 e. The monoisotopic (exact) mass is 266 g/mol. The van der Waals surface area contributed by atoms with Gasteiger partial charge in [0.1, 0.15) is 0 Å². The van der Waals surface area contributed by atoms with Crippen LogP contribution in [-0.2, 0) is 11.2 Å². The first-order valence-corrected chi connectivity index (χ1v) is 7.70. The first kappa shape index (κ1) is 13.6. The van der Waals surface area contributed by atoms with Crippen molar-refractivity contribution in [3.8, 4) is 0 Å². The molecule has 0 fully saturated rings. The molecule has 2 rings (SSSR count). The fraction of sp³-hybridized carbons (Fsp3) is 0.643. The van der Waals surface area contributed by atoms with Gasteiger partial charge in [-0.2, -0.15) is 0 Å². The lowest BCUT2D eigenvalue weighted by molar-refractivity contribution is -0.122. The number of carbonyl (C=O) groups excluding carboxylic acids is 1. The van der Waals surface area contributed by atoms with E-state index in [2.05, 4.69) is 23.7 Å². The van der Waals surface area contributed by atoms with Crippen LogP contribution in [0.25, 0.3) is 0 Å². The molecule has 2 unspecified atom stereocenters. The molecule has 1 aromatic heterocycles. The second kappa shape index (κ2) is 6.34. The van der Waals surface area contributed by atoms with E-state index in [1.54, 1.807) is 11.3 Å². The second-order valence-corrected chi connectivity index (χ2v) is 6.06. The van der Waals surface area contributed by atoms with Crippen LogP contribution in [0.5, 0.6) is 0 Å².